The maximum Gasteiger partial charge on any atom is 0.283 e. The molecule has 1 N–H and O–H groups in total. The molecule has 2 aromatic rings. The number of rotatable bonds is 6. The van der Waals surface area contributed by atoms with Crippen LogP contribution in [0, 0.1) is 5.92 Å². The Bertz CT molecular complexity index is 1130. The Morgan fingerprint density at radius 1 is 1.21 bits per heavy atom. The third-order valence-electron chi connectivity index (χ3n) is 4.55. The second-order valence-corrected chi connectivity index (χ2v) is 8.93. The van der Waals surface area contributed by atoms with Gasteiger partial charge in [-0.15, -0.1) is 0 Å². The minimum Gasteiger partial charge on any atom is -0.266 e. The van der Waals surface area contributed by atoms with Crippen LogP contribution in [0.25, 0.3) is 0 Å². The number of halogens is 2. The fourth-order valence-electron chi connectivity index (χ4n) is 3.06. The van der Waals surface area contributed by atoms with E-state index in [-0.39, 0.29) is 21.5 Å². The summed E-state index contributed by atoms with van der Waals surface area (Å²) in [6.07, 6.45) is 4.35. The largest absolute Gasteiger partial charge is 0.283 e. The molecule has 0 radical (unpaired) electrons. The van der Waals surface area contributed by atoms with Gasteiger partial charge in [-0.05, 0) is 48.7 Å². The van der Waals surface area contributed by atoms with Crippen molar-refractivity contribution in [2.24, 2.45) is 10.9 Å². The number of nitrogens with zero attached hydrogens (tertiary/aromatic N) is 2. The van der Waals surface area contributed by atoms with E-state index in [0.29, 0.717) is 34.8 Å². The van der Waals surface area contributed by atoms with Crippen LogP contribution in [0.2, 0.25) is 10.0 Å². The van der Waals surface area contributed by atoms with Gasteiger partial charge < -0.3 is 0 Å². The number of amides is 1. The predicted molar refractivity (Wildman–Crippen MR) is 114 cm³/mol. The first-order chi connectivity index (χ1) is 13.8. The number of carbonyl (C=O) groups excluding carboxylic acids is 1. The van der Waals surface area contributed by atoms with Crippen molar-refractivity contribution >= 4 is 44.8 Å². The van der Waals surface area contributed by atoms with Gasteiger partial charge in [-0.3, -0.25) is 9.78 Å². The van der Waals surface area contributed by atoms with Crippen molar-refractivity contribution in [2.45, 2.75) is 31.6 Å². The Morgan fingerprint density at radius 2 is 1.97 bits per heavy atom. The third kappa shape index (κ3) is 4.52. The van der Waals surface area contributed by atoms with Gasteiger partial charge in [-0.25, -0.2) is 18.1 Å². The number of hydrogen-bond acceptors (Lipinski definition) is 5. The molecule has 0 aliphatic carbocycles. The lowest BCUT2D eigenvalue weighted by molar-refractivity contribution is -0.115. The Labute approximate surface area is 179 Å². The molecule has 1 aromatic heterocycles. The van der Waals surface area contributed by atoms with Gasteiger partial charge in [0.2, 0.25) is 0 Å². The molecule has 1 aliphatic heterocycles. The Morgan fingerprint density at radius 3 is 2.62 bits per heavy atom. The minimum absolute atomic E-state index is 0.0113. The molecule has 152 valence electrons. The standard InChI is InChI=1S/C20H19Cl2N3O3S/c1-3-12-7-8-14(21)11-17(12)29(27,28)25-20(26)16-10-13(4-2)18(24-16)19-15(22)6-5-9-23-19/h5-11,13H,3-4H2,1-2H3,(H,25,26). The maximum atomic E-state index is 12.8. The molecule has 3 rings (SSSR count). The molecule has 1 amide bonds. The van der Waals surface area contributed by atoms with Crippen LogP contribution in [0.5, 0.6) is 0 Å². The summed E-state index contributed by atoms with van der Waals surface area (Å²) in [5, 5.41) is 0.685. The summed E-state index contributed by atoms with van der Waals surface area (Å²) in [4.78, 5) is 21.2. The minimum atomic E-state index is -4.11. The fourth-order valence-corrected chi connectivity index (χ4v) is 4.81. The van der Waals surface area contributed by atoms with Gasteiger partial charge in [-0.2, -0.15) is 0 Å². The molecule has 0 bridgehead atoms. The molecule has 1 aromatic carbocycles. The van der Waals surface area contributed by atoms with Crippen LogP contribution in [0.4, 0.5) is 0 Å². The lowest BCUT2D eigenvalue weighted by atomic mass is 9.98. The highest BCUT2D eigenvalue weighted by Gasteiger charge is 2.29. The second kappa shape index (κ2) is 8.65. The number of aromatic nitrogens is 1. The number of pyridine rings is 1. The number of aliphatic imine (C=N–C) groups is 1. The van der Waals surface area contributed by atoms with Gasteiger partial charge in [0.15, 0.2) is 0 Å². The first kappa shape index (κ1) is 21.5. The first-order valence-corrected chi connectivity index (χ1v) is 11.3. The summed E-state index contributed by atoms with van der Waals surface area (Å²) in [5.74, 6) is -1.00. The molecule has 0 spiro atoms. The molecular formula is C20H19Cl2N3O3S. The van der Waals surface area contributed by atoms with E-state index in [1.807, 2.05) is 13.8 Å². The lowest BCUT2D eigenvalue weighted by Gasteiger charge is -2.10. The summed E-state index contributed by atoms with van der Waals surface area (Å²) in [5.41, 5.74) is 1.59. The van der Waals surface area contributed by atoms with Gasteiger partial charge in [0, 0.05) is 17.1 Å². The normalized spacial score (nSPS) is 16.3. The van der Waals surface area contributed by atoms with Crippen molar-refractivity contribution in [2.75, 3.05) is 0 Å². The maximum absolute atomic E-state index is 12.8. The quantitative estimate of drug-likeness (QED) is 0.713. The van der Waals surface area contributed by atoms with Gasteiger partial charge in [-0.1, -0.05) is 43.1 Å². The van der Waals surface area contributed by atoms with Gasteiger partial charge >= 0.3 is 0 Å². The van der Waals surface area contributed by atoms with Crippen molar-refractivity contribution in [3.8, 4) is 0 Å². The molecule has 2 heterocycles. The highest BCUT2D eigenvalue weighted by molar-refractivity contribution is 7.90. The van der Waals surface area contributed by atoms with Gasteiger partial charge in [0.25, 0.3) is 15.9 Å². The summed E-state index contributed by atoms with van der Waals surface area (Å²) in [6, 6.07) is 7.96. The van der Waals surface area contributed by atoms with E-state index in [1.165, 1.54) is 6.07 Å². The van der Waals surface area contributed by atoms with E-state index in [0.717, 1.165) is 0 Å². The smallest absolute Gasteiger partial charge is 0.266 e. The van der Waals surface area contributed by atoms with Crippen molar-refractivity contribution in [3.63, 3.8) is 0 Å². The fraction of sp³-hybridized carbons (Fsp3) is 0.250. The Hall–Kier alpha value is -2.22. The third-order valence-corrected chi connectivity index (χ3v) is 6.50. The molecule has 1 atom stereocenters. The number of benzene rings is 1. The average molecular weight is 452 g/mol. The van der Waals surface area contributed by atoms with E-state index in [4.69, 9.17) is 23.2 Å². The van der Waals surface area contributed by atoms with Crippen LogP contribution in [-0.4, -0.2) is 25.0 Å². The van der Waals surface area contributed by atoms with E-state index in [2.05, 4.69) is 14.7 Å². The van der Waals surface area contributed by atoms with Crippen LogP contribution < -0.4 is 4.72 Å². The number of nitrogens with one attached hydrogen (secondary N) is 1. The number of carbonyl (C=O) groups is 1. The summed E-state index contributed by atoms with van der Waals surface area (Å²) < 4.78 is 27.7. The monoisotopic (exact) mass is 451 g/mol. The zero-order valence-electron chi connectivity index (χ0n) is 15.8. The van der Waals surface area contributed by atoms with Crippen LogP contribution in [-0.2, 0) is 21.2 Å². The predicted octanol–water partition coefficient (Wildman–Crippen LogP) is 4.17. The van der Waals surface area contributed by atoms with Crippen molar-refractivity contribution in [1.82, 2.24) is 9.71 Å². The molecule has 0 saturated heterocycles. The summed E-state index contributed by atoms with van der Waals surface area (Å²) in [6.45, 7) is 3.76. The Kier molecular flexibility index (Phi) is 6.41. The van der Waals surface area contributed by atoms with Crippen LogP contribution in [0.15, 0.2) is 58.2 Å². The highest BCUT2D eigenvalue weighted by atomic mass is 35.5. The van der Waals surface area contributed by atoms with Crippen molar-refractivity contribution in [3.05, 3.63) is 69.6 Å². The zero-order chi connectivity index (χ0) is 21.2. The number of hydrogen-bond donors (Lipinski definition) is 1. The molecular weight excluding hydrogens is 433 g/mol. The Balaban J connectivity index is 1.91. The van der Waals surface area contributed by atoms with E-state index in [9.17, 15) is 13.2 Å². The van der Waals surface area contributed by atoms with Crippen LogP contribution in [0.1, 0.15) is 31.5 Å². The molecule has 1 aliphatic rings. The number of sulfonamides is 1. The lowest BCUT2D eigenvalue weighted by Crippen LogP contribution is -2.31. The summed E-state index contributed by atoms with van der Waals surface area (Å²) >= 11 is 12.2. The topological polar surface area (TPSA) is 88.5 Å². The molecule has 6 nitrogen and oxygen atoms in total. The molecule has 9 heteroatoms. The molecule has 29 heavy (non-hydrogen) atoms. The summed E-state index contributed by atoms with van der Waals surface area (Å²) in [7, 11) is -4.11. The number of aryl methyl sites for hydroxylation is 1. The average Bonchev–Trinajstić information content (AvgIpc) is 3.12. The second-order valence-electron chi connectivity index (χ2n) is 6.44. The van der Waals surface area contributed by atoms with Crippen LogP contribution >= 0.6 is 23.2 Å². The molecule has 0 fully saturated rings. The van der Waals surface area contributed by atoms with Crippen molar-refractivity contribution < 1.29 is 13.2 Å². The highest BCUT2D eigenvalue weighted by Crippen LogP contribution is 2.28. The zero-order valence-corrected chi connectivity index (χ0v) is 18.1. The first-order valence-electron chi connectivity index (χ1n) is 9.03. The molecule has 1 unspecified atom stereocenters. The van der Waals surface area contributed by atoms with E-state index >= 15 is 0 Å². The van der Waals surface area contributed by atoms with Crippen LogP contribution in [0.3, 0.4) is 0 Å². The SMILES string of the molecule is CCc1ccc(Cl)cc1S(=O)(=O)NC(=O)C1=CC(CC)C(c2ncccc2Cl)=N1. The van der Waals surface area contributed by atoms with Gasteiger partial charge in [0.05, 0.1) is 15.6 Å². The number of allylic oxidation sites excluding steroid dienone is 1. The van der Waals surface area contributed by atoms with E-state index < -0.39 is 15.9 Å². The van der Waals surface area contributed by atoms with Gasteiger partial charge in [0.1, 0.15) is 11.4 Å². The van der Waals surface area contributed by atoms with Crippen molar-refractivity contribution in [1.29, 1.82) is 0 Å². The van der Waals surface area contributed by atoms with E-state index in [1.54, 1.807) is 36.5 Å². The molecule has 0 saturated carbocycles.